The second kappa shape index (κ2) is 5.17. The molecule has 0 N–H and O–H groups in total. The van der Waals surface area contributed by atoms with Gasteiger partial charge in [-0.3, -0.25) is 19.7 Å². The van der Waals surface area contributed by atoms with Gasteiger partial charge in [-0.05, 0) is 19.4 Å². The number of hydrogen-bond acceptors (Lipinski definition) is 4. The zero-order valence-electron chi connectivity index (χ0n) is 10.6. The predicted octanol–water partition coefficient (Wildman–Crippen LogP) is 1.71. The van der Waals surface area contributed by atoms with Crippen LogP contribution in [0.15, 0.2) is 18.2 Å². The monoisotopic (exact) mass is 262 g/mol. The highest BCUT2D eigenvalue weighted by atomic mass is 16.6. The number of nitro groups is 1. The van der Waals surface area contributed by atoms with Crippen LogP contribution < -0.4 is 0 Å². The SMILES string of the molecule is Cc1ccc(C(=O)N2CCCC(=O)C2)cc1[N+](=O)[O-]. The lowest BCUT2D eigenvalue weighted by atomic mass is 10.1. The topological polar surface area (TPSA) is 80.5 Å². The number of nitro benzene ring substituents is 1. The zero-order valence-corrected chi connectivity index (χ0v) is 10.6. The summed E-state index contributed by atoms with van der Waals surface area (Å²) in [6, 6.07) is 4.39. The first kappa shape index (κ1) is 13.2. The van der Waals surface area contributed by atoms with Gasteiger partial charge in [0.25, 0.3) is 11.6 Å². The van der Waals surface area contributed by atoms with Crippen LogP contribution in [-0.4, -0.2) is 34.6 Å². The first-order chi connectivity index (χ1) is 8.99. The van der Waals surface area contributed by atoms with Crippen LogP contribution in [0, 0.1) is 17.0 Å². The van der Waals surface area contributed by atoms with E-state index in [1.807, 2.05) is 0 Å². The van der Waals surface area contributed by atoms with Crippen molar-refractivity contribution in [2.24, 2.45) is 0 Å². The lowest BCUT2D eigenvalue weighted by Gasteiger charge is -2.25. The number of nitrogens with zero attached hydrogens (tertiary/aromatic N) is 2. The van der Waals surface area contributed by atoms with Crippen LogP contribution in [0.5, 0.6) is 0 Å². The number of carbonyl (C=O) groups excluding carboxylic acids is 2. The molecule has 6 nitrogen and oxygen atoms in total. The van der Waals surface area contributed by atoms with Crippen LogP contribution in [0.1, 0.15) is 28.8 Å². The Hall–Kier alpha value is -2.24. The number of ketones is 1. The van der Waals surface area contributed by atoms with Gasteiger partial charge in [0.2, 0.25) is 0 Å². The largest absolute Gasteiger partial charge is 0.331 e. The number of piperidine rings is 1. The Morgan fingerprint density at radius 3 is 2.79 bits per heavy atom. The van der Waals surface area contributed by atoms with Crippen molar-refractivity contribution in [2.45, 2.75) is 19.8 Å². The molecule has 1 amide bonds. The van der Waals surface area contributed by atoms with Crippen molar-refractivity contribution in [1.29, 1.82) is 0 Å². The Morgan fingerprint density at radius 2 is 2.16 bits per heavy atom. The molecule has 0 radical (unpaired) electrons. The fourth-order valence-corrected chi connectivity index (χ4v) is 2.13. The summed E-state index contributed by atoms with van der Waals surface area (Å²) in [6.07, 6.45) is 1.15. The van der Waals surface area contributed by atoms with Crippen molar-refractivity contribution in [3.8, 4) is 0 Å². The first-order valence-electron chi connectivity index (χ1n) is 6.05. The van der Waals surface area contributed by atoms with E-state index in [0.29, 0.717) is 24.9 Å². The van der Waals surface area contributed by atoms with Gasteiger partial charge in [0, 0.05) is 30.2 Å². The van der Waals surface area contributed by atoms with Crippen molar-refractivity contribution in [3.63, 3.8) is 0 Å². The molecule has 0 aromatic heterocycles. The standard InChI is InChI=1S/C13H14N2O4/c1-9-4-5-10(7-12(9)15(18)19)13(17)14-6-2-3-11(16)8-14/h4-5,7H,2-3,6,8H2,1H3. The Labute approximate surface area is 110 Å². The first-order valence-corrected chi connectivity index (χ1v) is 6.05. The molecule has 1 aliphatic heterocycles. The summed E-state index contributed by atoms with van der Waals surface area (Å²) in [7, 11) is 0. The molecule has 2 rings (SSSR count). The summed E-state index contributed by atoms with van der Waals surface area (Å²) < 4.78 is 0. The average molecular weight is 262 g/mol. The van der Waals surface area contributed by atoms with Crippen LogP contribution in [0.4, 0.5) is 5.69 Å². The van der Waals surface area contributed by atoms with E-state index in [0.717, 1.165) is 0 Å². The minimum absolute atomic E-state index is 0.0289. The van der Waals surface area contributed by atoms with Crippen molar-refractivity contribution < 1.29 is 14.5 Å². The van der Waals surface area contributed by atoms with Crippen LogP contribution in [-0.2, 0) is 4.79 Å². The molecule has 1 fully saturated rings. The van der Waals surface area contributed by atoms with Gasteiger partial charge in [0.15, 0.2) is 5.78 Å². The summed E-state index contributed by atoms with van der Waals surface area (Å²) in [5.41, 5.74) is 0.692. The second-order valence-corrected chi connectivity index (χ2v) is 4.63. The Balaban J connectivity index is 2.26. The van der Waals surface area contributed by atoms with E-state index in [-0.39, 0.29) is 29.5 Å². The van der Waals surface area contributed by atoms with Gasteiger partial charge in [-0.1, -0.05) is 6.07 Å². The summed E-state index contributed by atoms with van der Waals surface area (Å²) in [6.45, 7) is 2.24. The number of amides is 1. The number of likely N-dealkylation sites (tertiary alicyclic amines) is 1. The van der Waals surface area contributed by atoms with E-state index in [4.69, 9.17) is 0 Å². The Bertz CT molecular complexity index is 554. The second-order valence-electron chi connectivity index (χ2n) is 4.63. The van der Waals surface area contributed by atoms with E-state index in [1.165, 1.54) is 11.0 Å². The number of aryl methyl sites for hydroxylation is 1. The molecule has 0 atom stereocenters. The molecule has 0 spiro atoms. The highest BCUT2D eigenvalue weighted by molar-refractivity contribution is 5.97. The van der Waals surface area contributed by atoms with Crippen molar-refractivity contribution in [3.05, 3.63) is 39.4 Å². The number of hydrogen-bond donors (Lipinski definition) is 0. The molecule has 19 heavy (non-hydrogen) atoms. The zero-order chi connectivity index (χ0) is 14.0. The van der Waals surface area contributed by atoms with Crippen molar-refractivity contribution >= 4 is 17.4 Å². The molecule has 1 heterocycles. The number of rotatable bonds is 2. The maximum absolute atomic E-state index is 12.2. The van der Waals surface area contributed by atoms with Crippen LogP contribution in [0.2, 0.25) is 0 Å². The fraction of sp³-hybridized carbons (Fsp3) is 0.385. The smallest absolute Gasteiger partial charge is 0.273 e. The summed E-state index contributed by atoms with van der Waals surface area (Å²) in [5.74, 6) is -0.294. The van der Waals surface area contributed by atoms with Gasteiger partial charge >= 0.3 is 0 Å². The molecule has 1 aromatic carbocycles. The summed E-state index contributed by atoms with van der Waals surface area (Å²) in [5, 5.41) is 10.9. The molecule has 0 saturated carbocycles. The minimum Gasteiger partial charge on any atom is -0.331 e. The van der Waals surface area contributed by atoms with Crippen LogP contribution >= 0.6 is 0 Å². The summed E-state index contributed by atoms with van der Waals surface area (Å²) >= 11 is 0. The molecular weight excluding hydrogens is 248 g/mol. The summed E-state index contributed by atoms with van der Waals surface area (Å²) in [4.78, 5) is 35.3. The minimum atomic E-state index is -0.506. The van der Waals surface area contributed by atoms with E-state index in [2.05, 4.69) is 0 Å². The molecule has 0 unspecified atom stereocenters. The van der Waals surface area contributed by atoms with E-state index < -0.39 is 4.92 Å². The predicted molar refractivity (Wildman–Crippen MR) is 68.0 cm³/mol. The van der Waals surface area contributed by atoms with Gasteiger partial charge in [0.1, 0.15) is 0 Å². The van der Waals surface area contributed by atoms with Crippen molar-refractivity contribution in [2.75, 3.05) is 13.1 Å². The number of carbonyl (C=O) groups is 2. The Morgan fingerprint density at radius 1 is 1.42 bits per heavy atom. The maximum atomic E-state index is 12.2. The van der Waals surface area contributed by atoms with Crippen molar-refractivity contribution in [1.82, 2.24) is 4.90 Å². The third-order valence-electron chi connectivity index (χ3n) is 3.19. The van der Waals surface area contributed by atoms with E-state index >= 15 is 0 Å². The fourth-order valence-electron chi connectivity index (χ4n) is 2.13. The molecule has 1 aliphatic rings. The maximum Gasteiger partial charge on any atom is 0.273 e. The lowest BCUT2D eigenvalue weighted by molar-refractivity contribution is -0.385. The highest BCUT2D eigenvalue weighted by Crippen LogP contribution is 2.21. The van der Waals surface area contributed by atoms with Gasteiger partial charge in [-0.25, -0.2) is 0 Å². The molecule has 1 saturated heterocycles. The number of Topliss-reactive ketones (excluding diaryl/α,β-unsaturated/α-hetero) is 1. The van der Waals surface area contributed by atoms with Gasteiger partial charge in [-0.15, -0.1) is 0 Å². The third kappa shape index (κ3) is 2.78. The highest BCUT2D eigenvalue weighted by Gasteiger charge is 2.24. The molecule has 6 heteroatoms. The average Bonchev–Trinajstić information content (AvgIpc) is 2.38. The van der Waals surface area contributed by atoms with Gasteiger partial charge in [0.05, 0.1) is 11.5 Å². The van der Waals surface area contributed by atoms with Gasteiger partial charge < -0.3 is 4.90 Å². The van der Waals surface area contributed by atoms with Gasteiger partial charge in [-0.2, -0.15) is 0 Å². The molecule has 1 aromatic rings. The molecular formula is C13H14N2O4. The number of benzene rings is 1. The molecule has 0 bridgehead atoms. The quantitative estimate of drug-likeness (QED) is 0.600. The lowest BCUT2D eigenvalue weighted by Crippen LogP contribution is -2.40. The normalized spacial score (nSPS) is 15.4. The van der Waals surface area contributed by atoms with Crippen LogP contribution in [0.25, 0.3) is 0 Å². The third-order valence-corrected chi connectivity index (χ3v) is 3.19. The molecule has 100 valence electrons. The van der Waals surface area contributed by atoms with E-state index in [9.17, 15) is 19.7 Å². The van der Waals surface area contributed by atoms with E-state index in [1.54, 1.807) is 19.1 Å². The van der Waals surface area contributed by atoms with Crippen LogP contribution in [0.3, 0.4) is 0 Å². The Kier molecular flexibility index (Phi) is 3.59. The molecule has 0 aliphatic carbocycles.